The second-order valence-electron chi connectivity index (χ2n) is 5.60. The lowest BCUT2D eigenvalue weighted by Gasteiger charge is -2.03. The third kappa shape index (κ3) is 2.66. The molecule has 3 heterocycles. The fourth-order valence-electron chi connectivity index (χ4n) is 2.62. The molecule has 0 amide bonds. The average Bonchev–Trinajstić information content (AvgIpc) is 3.04. The summed E-state index contributed by atoms with van der Waals surface area (Å²) < 4.78 is 2.03. The fraction of sp³-hybridized carbons (Fsp3) is 0.0476. The minimum atomic E-state index is 0.874. The van der Waals surface area contributed by atoms with Gasteiger partial charge in [-0.05, 0) is 47.7 Å². The van der Waals surface area contributed by atoms with E-state index in [9.17, 15) is 0 Å². The van der Waals surface area contributed by atoms with Crippen LogP contribution in [0.15, 0.2) is 73.3 Å². The van der Waals surface area contributed by atoms with Crippen molar-refractivity contribution in [2.24, 2.45) is 0 Å². The minimum Gasteiger partial charge on any atom is -0.292 e. The van der Waals surface area contributed by atoms with Gasteiger partial charge >= 0.3 is 0 Å². The van der Waals surface area contributed by atoms with Gasteiger partial charge in [-0.15, -0.1) is 0 Å². The number of aryl methyl sites for hydroxylation is 1. The number of hydrogen-bond acceptors (Lipinski definition) is 2. The van der Waals surface area contributed by atoms with Crippen molar-refractivity contribution in [3.8, 4) is 23.0 Å². The highest BCUT2D eigenvalue weighted by Crippen LogP contribution is 2.20. The van der Waals surface area contributed by atoms with E-state index in [2.05, 4.69) is 46.2 Å². The van der Waals surface area contributed by atoms with E-state index in [1.165, 1.54) is 5.56 Å². The predicted octanol–water partition coefficient (Wildman–Crippen LogP) is 4.10. The molecule has 0 saturated carbocycles. The normalized spacial score (nSPS) is 10.4. The summed E-state index contributed by atoms with van der Waals surface area (Å²) in [6.07, 6.45) is 7.49. The molecular formula is C21H15N3. The molecule has 0 saturated heterocycles. The van der Waals surface area contributed by atoms with Crippen LogP contribution < -0.4 is 0 Å². The van der Waals surface area contributed by atoms with Gasteiger partial charge in [0.25, 0.3) is 0 Å². The summed E-state index contributed by atoms with van der Waals surface area (Å²) in [5.74, 6) is 6.44. The fourth-order valence-corrected chi connectivity index (χ4v) is 2.62. The molecule has 0 N–H and O–H groups in total. The summed E-state index contributed by atoms with van der Waals surface area (Å²) in [5, 5.41) is 0. The van der Waals surface area contributed by atoms with E-state index in [0.717, 1.165) is 28.0 Å². The number of imidazole rings is 1. The number of rotatable bonds is 1. The quantitative estimate of drug-likeness (QED) is 0.495. The van der Waals surface area contributed by atoms with Crippen molar-refractivity contribution < 1.29 is 0 Å². The molecule has 0 fully saturated rings. The average molecular weight is 309 g/mol. The van der Waals surface area contributed by atoms with Gasteiger partial charge in [0, 0.05) is 24.2 Å². The molecule has 0 aliphatic rings. The van der Waals surface area contributed by atoms with Crippen LogP contribution in [0.4, 0.5) is 0 Å². The van der Waals surface area contributed by atoms with Crippen LogP contribution in [-0.4, -0.2) is 14.4 Å². The second-order valence-corrected chi connectivity index (χ2v) is 5.60. The molecule has 0 spiro atoms. The molecule has 3 nitrogen and oxygen atoms in total. The summed E-state index contributed by atoms with van der Waals surface area (Å²) in [6.45, 7) is 2.01. The van der Waals surface area contributed by atoms with Gasteiger partial charge in [-0.1, -0.05) is 36.3 Å². The van der Waals surface area contributed by atoms with E-state index in [0.29, 0.717) is 0 Å². The lowest BCUT2D eigenvalue weighted by atomic mass is 10.1. The van der Waals surface area contributed by atoms with Gasteiger partial charge in [-0.3, -0.25) is 9.38 Å². The van der Waals surface area contributed by atoms with Crippen molar-refractivity contribution >= 4 is 5.65 Å². The molecule has 1 aromatic carbocycles. The second kappa shape index (κ2) is 6.02. The number of hydrogen-bond donors (Lipinski definition) is 0. The molecule has 0 radical (unpaired) electrons. The maximum Gasteiger partial charge on any atom is 0.137 e. The summed E-state index contributed by atoms with van der Waals surface area (Å²) >= 11 is 0. The zero-order valence-electron chi connectivity index (χ0n) is 13.3. The Kier molecular flexibility index (Phi) is 3.57. The van der Waals surface area contributed by atoms with E-state index in [-0.39, 0.29) is 0 Å². The van der Waals surface area contributed by atoms with Crippen LogP contribution in [0.25, 0.3) is 16.8 Å². The van der Waals surface area contributed by atoms with Gasteiger partial charge < -0.3 is 0 Å². The molecule has 0 aliphatic heterocycles. The lowest BCUT2D eigenvalue weighted by molar-refractivity contribution is 1.16. The largest absolute Gasteiger partial charge is 0.292 e. The first kappa shape index (κ1) is 14.2. The van der Waals surface area contributed by atoms with Crippen molar-refractivity contribution in [3.05, 3.63) is 90.1 Å². The van der Waals surface area contributed by atoms with Crippen LogP contribution in [0, 0.1) is 18.8 Å². The molecule has 0 aliphatic carbocycles. The maximum absolute atomic E-state index is 4.44. The minimum absolute atomic E-state index is 0.874. The molecule has 0 bridgehead atoms. The SMILES string of the molecule is Cc1cnccc1C#Cc1cnc2ccc(-c3ccccc3)cn12. The molecule has 114 valence electrons. The van der Waals surface area contributed by atoms with Gasteiger partial charge in [-0.25, -0.2) is 4.98 Å². The first-order valence-corrected chi connectivity index (χ1v) is 7.76. The number of pyridine rings is 2. The predicted molar refractivity (Wildman–Crippen MR) is 95.6 cm³/mol. The number of benzene rings is 1. The number of fused-ring (bicyclic) bond motifs is 1. The summed E-state index contributed by atoms with van der Waals surface area (Å²) in [4.78, 5) is 8.54. The monoisotopic (exact) mass is 309 g/mol. The molecular weight excluding hydrogens is 294 g/mol. The number of nitrogens with zero attached hydrogens (tertiary/aromatic N) is 3. The molecule has 0 atom stereocenters. The maximum atomic E-state index is 4.44. The zero-order chi connectivity index (χ0) is 16.4. The zero-order valence-corrected chi connectivity index (χ0v) is 13.3. The van der Waals surface area contributed by atoms with Crippen LogP contribution in [-0.2, 0) is 0 Å². The first-order chi connectivity index (χ1) is 11.8. The Balaban J connectivity index is 1.79. The van der Waals surface area contributed by atoms with Gasteiger partial charge in [-0.2, -0.15) is 0 Å². The Morgan fingerprint density at radius 3 is 2.58 bits per heavy atom. The smallest absolute Gasteiger partial charge is 0.137 e. The molecule has 3 heteroatoms. The van der Waals surface area contributed by atoms with Gasteiger partial charge in [0.05, 0.1) is 6.20 Å². The Labute approximate surface area is 140 Å². The third-order valence-electron chi connectivity index (χ3n) is 3.96. The van der Waals surface area contributed by atoms with Crippen molar-refractivity contribution in [1.82, 2.24) is 14.4 Å². The van der Waals surface area contributed by atoms with Crippen molar-refractivity contribution in [1.29, 1.82) is 0 Å². The van der Waals surface area contributed by atoms with E-state index in [1.54, 1.807) is 6.20 Å². The van der Waals surface area contributed by atoms with E-state index >= 15 is 0 Å². The van der Waals surface area contributed by atoms with Gasteiger partial charge in [0.2, 0.25) is 0 Å². The van der Waals surface area contributed by atoms with E-state index in [1.807, 2.05) is 54.0 Å². The summed E-state index contributed by atoms with van der Waals surface area (Å²) in [7, 11) is 0. The van der Waals surface area contributed by atoms with E-state index < -0.39 is 0 Å². The topological polar surface area (TPSA) is 30.2 Å². The van der Waals surface area contributed by atoms with Gasteiger partial charge in [0.1, 0.15) is 11.3 Å². The molecule has 0 unspecified atom stereocenters. The number of aromatic nitrogens is 3. The Morgan fingerprint density at radius 1 is 0.875 bits per heavy atom. The van der Waals surface area contributed by atoms with Crippen LogP contribution >= 0.6 is 0 Å². The molecule has 24 heavy (non-hydrogen) atoms. The highest BCUT2D eigenvalue weighted by molar-refractivity contribution is 5.65. The van der Waals surface area contributed by atoms with Crippen LogP contribution in [0.2, 0.25) is 0 Å². The molecule has 4 aromatic rings. The summed E-state index contributed by atoms with van der Waals surface area (Å²) in [6, 6.07) is 16.3. The Bertz CT molecular complexity index is 1070. The van der Waals surface area contributed by atoms with Crippen molar-refractivity contribution in [2.75, 3.05) is 0 Å². The van der Waals surface area contributed by atoms with Crippen LogP contribution in [0.3, 0.4) is 0 Å². The van der Waals surface area contributed by atoms with Crippen molar-refractivity contribution in [3.63, 3.8) is 0 Å². The molecule has 4 rings (SSSR count). The van der Waals surface area contributed by atoms with Crippen LogP contribution in [0.5, 0.6) is 0 Å². The standard InChI is InChI=1S/C21H15N3/c1-16-13-22-12-11-17(16)7-9-20-14-23-21-10-8-19(15-24(20)21)18-5-3-2-4-6-18/h2-6,8,10-15H,1H3. The molecule has 3 aromatic heterocycles. The third-order valence-corrected chi connectivity index (χ3v) is 3.96. The highest BCUT2D eigenvalue weighted by Gasteiger charge is 2.03. The van der Waals surface area contributed by atoms with Crippen LogP contribution in [0.1, 0.15) is 16.8 Å². The Morgan fingerprint density at radius 2 is 1.75 bits per heavy atom. The lowest BCUT2D eigenvalue weighted by Crippen LogP contribution is -1.90. The summed E-state index contributed by atoms with van der Waals surface area (Å²) in [5.41, 5.74) is 6.15. The van der Waals surface area contributed by atoms with Crippen molar-refractivity contribution in [2.45, 2.75) is 6.92 Å². The van der Waals surface area contributed by atoms with Gasteiger partial charge in [0.15, 0.2) is 0 Å². The Hall–Kier alpha value is -3.38. The van der Waals surface area contributed by atoms with E-state index in [4.69, 9.17) is 0 Å². The highest BCUT2D eigenvalue weighted by atomic mass is 15.0. The first-order valence-electron chi connectivity index (χ1n) is 7.76.